The van der Waals surface area contributed by atoms with Gasteiger partial charge in [0.1, 0.15) is 11.5 Å². The summed E-state index contributed by atoms with van der Waals surface area (Å²) in [7, 11) is 0. The van der Waals surface area contributed by atoms with E-state index in [9.17, 15) is 4.79 Å². The lowest BCUT2D eigenvalue weighted by atomic mass is 10.2. The maximum atomic E-state index is 12.9. The zero-order chi connectivity index (χ0) is 18.5. The zero-order valence-corrected chi connectivity index (χ0v) is 15.7. The number of urea groups is 1. The first kappa shape index (κ1) is 18.4. The molecule has 2 aromatic carbocycles. The Morgan fingerprint density at radius 1 is 0.962 bits per heavy atom. The molecule has 0 aliphatic rings. The smallest absolute Gasteiger partial charge is 0.322 e. The summed E-state index contributed by atoms with van der Waals surface area (Å²) in [6.45, 7) is 2.62. The number of nitrogens with one attached hydrogen (secondary N) is 1. The summed E-state index contributed by atoms with van der Waals surface area (Å²) in [5.41, 5.74) is 1.41. The molecule has 0 saturated heterocycles. The lowest BCUT2D eigenvalue weighted by Crippen LogP contribution is -2.34. The normalized spacial score (nSPS) is 10.6. The van der Waals surface area contributed by atoms with Gasteiger partial charge >= 0.3 is 6.03 Å². The zero-order valence-electron chi connectivity index (χ0n) is 14.2. The lowest BCUT2D eigenvalue weighted by Gasteiger charge is -2.23. The van der Waals surface area contributed by atoms with E-state index in [4.69, 9.17) is 27.6 Å². The van der Waals surface area contributed by atoms with E-state index in [0.717, 1.165) is 11.3 Å². The van der Waals surface area contributed by atoms with Crippen LogP contribution in [-0.4, -0.2) is 10.9 Å². The molecule has 3 aromatic rings. The van der Waals surface area contributed by atoms with Crippen molar-refractivity contribution in [3.8, 4) is 0 Å². The van der Waals surface area contributed by atoms with Crippen LogP contribution in [0.1, 0.15) is 17.1 Å². The number of para-hydroxylation sites is 1. The molecule has 0 unspecified atom stereocenters. The van der Waals surface area contributed by atoms with Gasteiger partial charge < -0.3 is 14.6 Å². The van der Waals surface area contributed by atoms with Gasteiger partial charge in [-0.2, -0.15) is 0 Å². The maximum Gasteiger partial charge on any atom is 0.322 e. The summed E-state index contributed by atoms with van der Waals surface area (Å²) in [5.74, 6) is 1.51. The third kappa shape index (κ3) is 4.59. The molecule has 0 aliphatic carbocycles. The second-order valence-corrected chi connectivity index (χ2v) is 6.70. The number of furan rings is 1. The van der Waals surface area contributed by atoms with E-state index in [1.165, 1.54) is 0 Å². The van der Waals surface area contributed by atoms with Crippen LogP contribution >= 0.6 is 23.2 Å². The standard InChI is InChI=1S/C20H18Cl2N2O2/c1-14-10-11-16(26-14)13-24(12-15-6-3-2-4-7-15)20(25)23-19-17(21)8-5-9-18(19)22/h2-11H,12-13H2,1H3,(H,23,25). The van der Waals surface area contributed by atoms with Crippen molar-refractivity contribution in [3.63, 3.8) is 0 Å². The van der Waals surface area contributed by atoms with Gasteiger partial charge in [0.05, 0.1) is 22.3 Å². The fourth-order valence-corrected chi connectivity index (χ4v) is 3.06. The molecule has 0 fully saturated rings. The fourth-order valence-electron chi connectivity index (χ4n) is 2.56. The molecule has 0 saturated carbocycles. The van der Waals surface area contributed by atoms with Crippen LogP contribution < -0.4 is 5.32 Å². The van der Waals surface area contributed by atoms with Crippen molar-refractivity contribution in [2.45, 2.75) is 20.0 Å². The van der Waals surface area contributed by atoms with Crippen molar-refractivity contribution in [2.24, 2.45) is 0 Å². The van der Waals surface area contributed by atoms with Gasteiger partial charge in [-0.1, -0.05) is 59.6 Å². The first-order valence-corrected chi connectivity index (χ1v) is 8.87. The van der Waals surface area contributed by atoms with Crippen molar-refractivity contribution in [1.82, 2.24) is 4.90 Å². The number of amides is 2. The molecule has 6 heteroatoms. The highest BCUT2D eigenvalue weighted by atomic mass is 35.5. The molecule has 0 bridgehead atoms. The summed E-state index contributed by atoms with van der Waals surface area (Å²) < 4.78 is 5.63. The number of hydrogen-bond acceptors (Lipinski definition) is 2. The molecule has 0 aliphatic heterocycles. The van der Waals surface area contributed by atoms with Crippen LogP contribution in [0.4, 0.5) is 10.5 Å². The van der Waals surface area contributed by atoms with Crippen molar-refractivity contribution in [1.29, 1.82) is 0 Å². The van der Waals surface area contributed by atoms with Crippen molar-refractivity contribution < 1.29 is 9.21 Å². The molecule has 0 atom stereocenters. The van der Waals surface area contributed by atoms with Crippen molar-refractivity contribution in [2.75, 3.05) is 5.32 Å². The molecule has 2 amide bonds. The fraction of sp³-hybridized carbons (Fsp3) is 0.150. The Bertz CT molecular complexity index is 874. The monoisotopic (exact) mass is 388 g/mol. The average Bonchev–Trinajstić information content (AvgIpc) is 3.03. The largest absolute Gasteiger partial charge is 0.464 e. The van der Waals surface area contributed by atoms with Crippen LogP contribution in [0.2, 0.25) is 10.0 Å². The number of nitrogens with zero attached hydrogens (tertiary/aromatic N) is 1. The number of carbonyl (C=O) groups excluding carboxylic acids is 1. The second kappa shape index (κ2) is 8.30. The third-order valence-corrected chi connectivity index (χ3v) is 4.47. The van der Waals surface area contributed by atoms with Crippen LogP contribution in [0.5, 0.6) is 0 Å². The molecule has 0 radical (unpaired) electrons. The Kier molecular flexibility index (Phi) is 5.86. The molecule has 4 nitrogen and oxygen atoms in total. The van der Waals surface area contributed by atoms with Gasteiger partial charge in [-0.15, -0.1) is 0 Å². The van der Waals surface area contributed by atoms with E-state index >= 15 is 0 Å². The first-order valence-electron chi connectivity index (χ1n) is 8.12. The molecule has 1 heterocycles. The lowest BCUT2D eigenvalue weighted by molar-refractivity contribution is 0.201. The minimum atomic E-state index is -0.307. The number of rotatable bonds is 5. The molecular weight excluding hydrogens is 371 g/mol. The molecule has 26 heavy (non-hydrogen) atoms. The average molecular weight is 389 g/mol. The minimum absolute atomic E-state index is 0.307. The van der Waals surface area contributed by atoms with Crippen LogP contribution in [0.25, 0.3) is 0 Å². The topological polar surface area (TPSA) is 45.5 Å². The second-order valence-electron chi connectivity index (χ2n) is 5.88. The molecule has 1 aromatic heterocycles. The predicted octanol–water partition coefficient (Wildman–Crippen LogP) is 6.13. The summed E-state index contributed by atoms with van der Waals surface area (Å²) in [6, 6.07) is 18.3. The summed E-state index contributed by atoms with van der Waals surface area (Å²) in [6.07, 6.45) is 0. The summed E-state index contributed by atoms with van der Waals surface area (Å²) >= 11 is 12.3. The molecule has 1 N–H and O–H groups in total. The van der Waals surface area contributed by atoms with Crippen LogP contribution in [0, 0.1) is 6.92 Å². The third-order valence-electron chi connectivity index (χ3n) is 3.84. The van der Waals surface area contributed by atoms with Gasteiger partial charge in [0.25, 0.3) is 0 Å². The van der Waals surface area contributed by atoms with Gasteiger partial charge in [0, 0.05) is 6.54 Å². The van der Waals surface area contributed by atoms with E-state index in [2.05, 4.69) is 5.32 Å². The molecule has 3 rings (SSSR count). The van der Waals surface area contributed by atoms with E-state index in [1.54, 1.807) is 23.1 Å². The van der Waals surface area contributed by atoms with E-state index in [0.29, 0.717) is 34.6 Å². The van der Waals surface area contributed by atoms with E-state index in [-0.39, 0.29) is 6.03 Å². The Balaban J connectivity index is 1.82. The number of hydrogen-bond donors (Lipinski definition) is 1. The van der Waals surface area contributed by atoms with Crippen LogP contribution in [-0.2, 0) is 13.1 Å². The number of halogens is 2. The van der Waals surface area contributed by atoms with Gasteiger partial charge in [-0.3, -0.25) is 0 Å². The number of carbonyl (C=O) groups is 1. The van der Waals surface area contributed by atoms with Crippen LogP contribution in [0.15, 0.2) is 65.1 Å². The maximum absolute atomic E-state index is 12.9. The van der Waals surface area contributed by atoms with Crippen molar-refractivity contribution >= 4 is 34.9 Å². The van der Waals surface area contributed by atoms with Gasteiger partial charge in [-0.05, 0) is 36.8 Å². The van der Waals surface area contributed by atoms with Gasteiger partial charge in [0.2, 0.25) is 0 Å². The number of anilines is 1. The summed E-state index contributed by atoms with van der Waals surface area (Å²) in [5, 5.41) is 3.58. The quantitative estimate of drug-likeness (QED) is 0.571. The summed E-state index contributed by atoms with van der Waals surface area (Å²) in [4.78, 5) is 14.5. The van der Waals surface area contributed by atoms with E-state index < -0.39 is 0 Å². The Labute approximate surface area is 162 Å². The Morgan fingerprint density at radius 3 is 2.27 bits per heavy atom. The predicted molar refractivity (Wildman–Crippen MR) is 105 cm³/mol. The molecular formula is C20H18Cl2N2O2. The SMILES string of the molecule is Cc1ccc(CN(Cc2ccccc2)C(=O)Nc2c(Cl)cccc2Cl)o1. The minimum Gasteiger partial charge on any atom is -0.464 e. The van der Waals surface area contributed by atoms with Crippen molar-refractivity contribution in [3.05, 3.63) is 87.8 Å². The van der Waals surface area contributed by atoms with Gasteiger partial charge in [0.15, 0.2) is 0 Å². The Hall–Kier alpha value is -2.43. The van der Waals surface area contributed by atoms with Crippen LogP contribution in [0.3, 0.4) is 0 Å². The highest BCUT2D eigenvalue weighted by molar-refractivity contribution is 6.39. The first-order chi connectivity index (χ1) is 12.5. The van der Waals surface area contributed by atoms with Gasteiger partial charge in [-0.25, -0.2) is 4.79 Å². The highest BCUT2D eigenvalue weighted by Gasteiger charge is 2.18. The number of benzene rings is 2. The Morgan fingerprint density at radius 2 is 1.65 bits per heavy atom. The number of aryl methyl sites for hydroxylation is 1. The van der Waals surface area contributed by atoms with E-state index in [1.807, 2.05) is 49.4 Å². The highest BCUT2D eigenvalue weighted by Crippen LogP contribution is 2.30. The molecule has 134 valence electrons. The molecule has 0 spiro atoms.